The predicted molar refractivity (Wildman–Crippen MR) is 79.9 cm³/mol. The number of aromatic nitrogens is 2. The Morgan fingerprint density at radius 2 is 1.84 bits per heavy atom. The van der Waals surface area contributed by atoms with Crippen LogP contribution in [0.5, 0.6) is 0 Å². The molecule has 0 radical (unpaired) electrons. The van der Waals surface area contributed by atoms with E-state index in [0.717, 1.165) is 35.9 Å². The summed E-state index contributed by atoms with van der Waals surface area (Å²) in [6, 6.07) is 0. The number of anilines is 2. The molecule has 0 aliphatic carbocycles. The molecular weight excluding hydrogens is 240 g/mol. The van der Waals surface area contributed by atoms with Crippen molar-refractivity contribution in [2.24, 2.45) is 0 Å². The summed E-state index contributed by atoms with van der Waals surface area (Å²) in [4.78, 5) is 9.10. The minimum absolute atomic E-state index is 0.220. The van der Waals surface area contributed by atoms with Crippen molar-refractivity contribution < 1.29 is 4.74 Å². The van der Waals surface area contributed by atoms with E-state index in [4.69, 9.17) is 4.74 Å². The first-order valence-electron chi connectivity index (χ1n) is 6.77. The maximum absolute atomic E-state index is 5.41. The van der Waals surface area contributed by atoms with Gasteiger partial charge in [-0.1, -0.05) is 6.92 Å². The van der Waals surface area contributed by atoms with Gasteiger partial charge in [0.25, 0.3) is 0 Å². The first-order chi connectivity index (χ1) is 8.93. The largest absolute Gasteiger partial charge is 0.377 e. The SMILES string of the molecule is CCCc1nc(NC)c(C)c(NCC(C)(C)OC)n1. The van der Waals surface area contributed by atoms with Gasteiger partial charge in [-0.2, -0.15) is 0 Å². The van der Waals surface area contributed by atoms with Gasteiger partial charge in [0.15, 0.2) is 0 Å². The summed E-state index contributed by atoms with van der Waals surface area (Å²) in [7, 11) is 3.60. The zero-order valence-electron chi connectivity index (χ0n) is 12.9. The standard InChI is InChI=1S/C14H26N4O/c1-7-8-11-17-12(15-5)10(2)13(18-11)16-9-14(3,4)19-6/h7-9H2,1-6H3,(H2,15,16,17,18). The fourth-order valence-electron chi connectivity index (χ4n) is 1.68. The van der Waals surface area contributed by atoms with Gasteiger partial charge >= 0.3 is 0 Å². The zero-order valence-corrected chi connectivity index (χ0v) is 12.9. The Kier molecular flexibility index (Phi) is 5.54. The molecule has 0 fully saturated rings. The number of ether oxygens (including phenoxy) is 1. The van der Waals surface area contributed by atoms with E-state index < -0.39 is 0 Å². The van der Waals surface area contributed by atoms with Gasteiger partial charge in [-0.15, -0.1) is 0 Å². The summed E-state index contributed by atoms with van der Waals surface area (Å²) in [6.45, 7) is 8.94. The van der Waals surface area contributed by atoms with Crippen molar-refractivity contribution in [3.63, 3.8) is 0 Å². The minimum Gasteiger partial charge on any atom is -0.377 e. The summed E-state index contributed by atoms with van der Waals surface area (Å²) < 4.78 is 5.41. The number of rotatable bonds is 7. The van der Waals surface area contributed by atoms with Crippen LogP contribution in [-0.2, 0) is 11.2 Å². The first-order valence-corrected chi connectivity index (χ1v) is 6.77. The molecule has 0 unspecified atom stereocenters. The van der Waals surface area contributed by atoms with Crippen LogP contribution < -0.4 is 10.6 Å². The average Bonchev–Trinajstić information content (AvgIpc) is 2.39. The summed E-state index contributed by atoms with van der Waals surface area (Å²) in [5, 5.41) is 6.48. The molecule has 0 bridgehead atoms. The maximum Gasteiger partial charge on any atom is 0.134 e. The highest BCUT2D eigenvalue weighted by atomic mass is 16.5. The fourth-order valence-corrected chi connectivity index (χ4v) is 1.68. The predicted octanol–water partition coefficient (Wildman–Crippen LogP) is 2.62. The highest BCUT2D eigenvalue weighted by molar-refractivity contribution is 5.57. The number of nitrogens with zero attached hydrogens (tertiary/aromatic N) is 2. The number of methoxy groups -OCH3 is 1. The van der Waals surface area contributed by atoms with E-state index in [1.807, 2.05) is 27.8 Å². The lowest BCUT2D eigenvalue weighted by Gasteiger charge is -2.24. The second kappa shape index (κ2) is 6.70. The first kappa shape index (κ1) is 15.7. The molecule has 1 aromatic rings. The van der Waals surface area contributed by atoms with E-state index in [-0.39, 0.29) is 5.60 Å². The molecule has 0 spiro atoms. The van der Waals surface area contributed by atoms with Crippen LogP contribution in [0.4, 0.5) is 11.6 Å². The van der Waals surface area contributed by atoms with E-state index in [0.29, 0.717) is 6.54 Å². The third-order valence-electron chi connectivity index (χ3n) is 3.14. The van der Waals surface area contributed by atoms with Crippen molar-refractivity contribution in [1.29, 1.82) is 0 Å². The molecule has 0 aliphatic rings. The summed E-state index contributed by atoms with van der Waals surface area (Å²) in [6.07, 6.45) is 1.92. The van der Waals surface area contributed by atoms with Crippen LogP contribution in [0, 0.1) is 6.92 Å². The van der Waals surface area contributed by atoms with Crippen LogP contribution in [0.1, 0.15) is 38.6 Å². The van der Waals surface area contributed by atoms with Crippen LogP contribution in [0.25, 0.3) is 0 Å². The number of nitrogens with one attached hydrogen (secondary N) is 2. The molecule has 5 nitrogen and oxygen atoms in total. The topological polar surface area (TPSA) is 59.1 Å². The van der Waals surface area contributed by atoms with Crippen molar-refractivity contribution in [2.75, 3.05) is 31.3 Å². The van der Waals surface area contributed by atoms with E-state index in [1.54, 1.807) is 7.11 Å². The van der Waals surface area contributed by atoms with Crippen LogP contribution in [-0.4, -0.2) is 36.3 Å². The van der Waals surface area contributed by atoms with E-state index in [2.05, 4.69) is 27.5 Å². The average molecular weight is 266 g/mol. The Hall–Kier alpha value is -1.36. The Labute approximate surface area is 116 Å². The number of aryl methyl sites for hydroxylation is 1. The van der Waals surface area contributed by atoms with Gasteiger partial charge in [-0.3, -0.25) is 0 Å². The molecule has 2 N–H and O–H groups in total. The monoisotopic (exact) mass is 266 g/mol. The van der Waals surface area contributed by atoms with Crippen LogP contribution in [0.15, 0.2) is 0 Å². The molecule has 1 rings (SSSR count). The molecule has 19 heavy (non-hydrogen) atoms. The van der Waals surface area contributed by atoms with Gasteiger partial charge in [0.05, 0.1) is 5.60 Å². The molecule has 5 heteroatoms. The van der Waals surface area contributed by atoms with Crippen LogP contribution in [0.2, 0.25) is 0 Å². The molecular formula is C14H26N4O. The number of hydrogen-bond acceptors (Lipinski definition) is 5. The lowest BCUT2D eigenvalue weighted by atomic mass is 10.1. The van der Waals surface area contributed by atoms with Crippen molar-refractivity contribution in [1.82, 2.24) is 9.97 Å². The molecule has 0 amide bonds. The smallest absolute Gasteiger partial charge is 0.134 e. The van der Waals surface area contributed by atoms with E-state index in [9.17, 15) is 0 Å². The molecule has 0 saturated carbocycles. The molecule has 1 heterocycles. The highest BCUT2D eigenvalue weighted by Gasteiger charge is 2.17. The Morgan fingerprint density at radius 1 is 1.21 bits per heavy atom. The molecule has 0 aliphatic heterocycles. The van der Waals surface area contributed by atoms with Gasteiger partial charge in [-0.05, 0) is 27.2 Å². The van der Waals surface area contributed by atoms with Gasteiger partial charge in [0.1, 0.15) is 17.5 Å². The molecule has 0 saturated heterocycles. The third-order valence-corrected chi connectivity index (χ3v) is 3.14. The molecule has 0 atom stereocenters. The minimum atomic E-state index is -0.220. The molecule has 1 aromatic heterocycles. The summed E-state index contributed by atoms with van der Waals surface area (Å²) >= 11 is 0. The summed E-state index contributed by atoms with van der Waals surface area (Å²) in [5.41, 5.74) is 0.816. The highest BCUT2D eigenvalue weighted by Crippen LogP contribution is 2.21. The van der Waals surface area contributed by atoms with Crippen LogP contribution >= 0.6 is 0 Å². The Balaban J connectivity index is 2.95. The Bertz CT molecular complexity index is 418. The van der Waals surface area contributed by atoms with Gasteiger partial charge in [0.2, 0.25) is 0 Å². The van der Waals surface area contributed by atoms with Crippen molar-refractivity contribution in [3.05, 3.63) is 11.4 Å². The van der Waals surface area contributed by atoms with Gasteiger partial charge in [-0.25, -0.2) is 9.97 Å². The second-order valence-corrected chi connectivity index (χ2v) is 5.28. The normalized spacial score (nSPS) is 11.5. The zero-order chi connectivity index (χ0) is 14.5. The molecule has 0 aromatic carbocycles. The second-order valence-electron chi connectivity index (χ2n) is 5.28. The van der Waals surface area contributed by atoms with E-state index >= 15 is 0 Å². The van der Waals surface area contributed by atoms with Gasteiger partial charge < -0.3 is 15.4 Å². The lowest BCUT2D eigenvalue weighted by Crippen LogP contribution is -2.32. The fraction of sp³-hybridized carbons (Fsp3) is 0.714. The maximum atomic E-state index is 5.41. The quantitative estimate of drug-likeness (QED) is 0.794. The van der Waals surface area contributed by atoms with Crippen molar-refractivity contribution in [3.8, 4) is 0 Å². The van der Waals surface area contributed by atoms with Crippen LogP contribution in [0.3, 0.4) is 0 Å². The van der Waals surface area contributed by atoms with Crippen molar-refractivity contribution >= 4 is 11.6 Å². The summed E-state index contributed by atoms with van der Waals surface area (Å²) in [5.74, 6) is 2.64. The van der Waals surface area contributed by atoms with E-state index in [1.165, 1.54) is 0 Å². The molecule has 108 valence electrons. The van der Waals surface area contributed by atoms with Crippen molar-refractivity contribution in [2.45, 2.75) is 46.1 Å². The Morgan fingerprint density at radius 3 is 2.37 bits per heavy atom. The number of hydrogen-bond donors (Lipinski definition) is 2. The third kappa shape index (κ3) is 4.35. The van der Waals surface area contributed by atoms with Gasteiger partial charge in [0, 0.05) is 32.7 Å². The lowest BCUT2D eigenvalue weighted by molar-refractivity contribution is 0.0343.